The molecule has 0 N–H and O–H groups in total. The van der Waals surface area contributed by atoms with Crippen LogP contribution in [-0.2, 0) is 26.6 Å². The molecule has 170 valence electrons. The maximum atomic E-state index is 5.64. The van der Waals surface area contributed by atoms with Gasteiger partial charge >= 0.3 is 17.6 Å². The molecule has 0 bridgehead atoms. The van der Waals surface area contributed by atoms with Crippen molar-refractivity contribution in [3.8, 4) is 0 Å². The van der Waals surface area contributed by atoms with Crippen molar-refractivity contribution >= 4 is 17.6 Å². The topological polar surface area (TPSA) is 55.4 Å². The van der Waals surface area contributed by atoms with Gasteiger partial charge in [-0.25, -0.2) is 0 Å². The number of hydrogen-bond donors (Lipinski definition) is 0. The Labute approximate surface area is 176 Å². The van der Waals surface area contributed by atoms with Crippen LogP contribution in [0.1, 0.15) is 60.3 Å². The minimum Gasteiger partial charge on any atom is -0.377 e. The Morgan fingerprint density at radius 1 is 0.607 bits per heavy atom. The van der Waals surface area contributed by atoms with Crippen LogP contribution in [0.3, 0.4) is 0 Å². The van der Waals surface area contributed by atoms with E-state index in [9.17, 15) is 0 Å². The van der Waals surface area contributed by atoms with Gasteiger partial charge in [0.25, 0.3) is 0 Å². The maximum absolute atomic E-state index is 5.64. The Bertz CT molecular complexity index is 377. The normalized spacial score (nSPS) is 14.1. The lowest BCUT2D eigenvalue weighted by Crippen LogP contribution is -2.44. The molecule has 0 radical (unpaired) electrons. The Morgan fingerprint density at radius 3 is 1.18 bits per heavy atom. The van der Waals surface area contributed by atoms with Gasteiger partial charge in [0, 0.05) is 54.7 Å². The quantitative estimate of drug-likeness (QED) is 0.336. The maximum Gasteiger partial charge on any atom is 0.500 e. The van der Waals surface area contributed by atoms with Gasteiger partial charge in [-0.3, -0.25) is 0 Å². The zero-order chi connectivity index (χ0) is 22.1. The molecule has 0 saturated heterocycles. The first-order chi connectivity index (χ1) is 12.9. The van der Waals surface area contributed by atoms with E-state index in [1.165, 1.54) is 6.42 Å². The Hall–Kier alpha value is 0.194. The predicted octanol–water partition coefficient (Wildman–Crippen LogP) is 4.99. The Kier molecular flexibility index (Phi) is 12.2. The van der Waals surface area contributed by atoms with Crippen LogP contribution in [0.5, 0.6) is 0 Å². The molecule has 6 nitrogen and oxygen atoms in total. The van der Waals surface area contributed by atoms with Crippen LogP contribution in [-0.4, -0.2) is 60.3 Å². The van der Waals surface area contributed by atoms with Crippen LogP contribution in [0.25, 0.3) is 0 Å². The molecule has 0 fully saturated rings. The molecule has 0 atom stereocenters. The van der Waals surface area contributed by atoms with Crippen molar-refractivity contribution in [3.63, 3.8) is 0 Å². The fourth-order valence-electron chi connectivity index (χ4n) is 4.51. The second-order valence-corrected chi connectivity index (χ2v) is 15.8. The van der Waals surface area contributed by atoms with Crippen LogP contribution >= 0.6 is 0 Å². The zero-order valence-electron chi connectivity index (χ0n) is 20.3. The molecule has 0 heterocycles. The number of rotatable bonds is 15. The first-order valence-electron chi connectivity index (χ1n) is 10.2. The first-order valence-corrected chi connectivity index (χ1v) is 14.0. The Balaban J connectivity index is 5.30. The molecule has 28 heavy (non-hydrogen) atoms. The van der Waals surface area contributed by atoms with Gasteiger partial charge in [-0.15, -0.1) is 0 Å². The predicted molar refractivity (Wildman–Crippen MR) is 118 cm³/mol. The monoisotopic (exact) mass is 438 g/mol. The standard InChI is InChI=1S/C20H46O6Si2/c1-19(2,3)17-20(4,5)16-18(12-14-27(21-6,22-7)23-8)13-15-28(24-9,25-10)26-11/h18H,12-17H2,1-11H3. The van der Waals surface area contributed by atoms with Crippen molar-refractivity contribution in [2.24, 2.45) is 16.7 Å². The summed E-state index contributed by atoms with van der Waals surface area (Å²) in [6.07, 6.45) is 4.25. The molecule has 0 aliphatic carbocycles. The Morgan fingerprint density at radius 2 is 0.929 bits per heavy atom. The third-order valence-electron chi connectivity index (χ3n) is 5.43. The summed E-state index contributed by atoms with van der Waals surface area (Å²) in [5.41, 5.74) is 0.528. The summed E-state index contributed by atoms with van der Waals surface area (Å²) in [4.78, 5) is 0. The van der Waals surface area contributed by atoms with E-state index in [1.54, 1.807) is 42.7 Å². The van der Waals surface area contributed by atoms with Crippen molar-refractivity contribution in [3.05, 3.63) is 0 Å². The van der Waals surface area contributed by atoms with Crippen molar-refractivity contribution < 1.29 is 26.6 Å². The minimum atomic E-state index is -2.58. The smallest absolute Gasteiger partial charge is 0.377 e. The summed E-state index contributed by atoms with van der Waals surface area (Å²) in [5, 5.41) is 0. The molecule has 8 heteroatoms. The largest absolute Gasteiger partial charge is 0.500 e. The fraction of sp³-hybridized carbons (Fsp3) is 1.00. The van der Waals surface area contributed by atoms with Crippen molar-refractivity contribution in [2.45, 2.75) is 72.4 Å². The first kappa shape index (κ1) is 28.2. The molecular weight excluding hydrogens is 392 g/mol. The highest BCUT2D eigenvalue weighted by Gasteiger charge is 2.41. The van der Waals surface area contributed by atoms with E-state index in [2.05, 4.69) is 34.6 Å². The summed E-state index contributed by atoms with van der Waals surface area (Å²) in [5.74, 6) is 0.483. The van der Waals surface area contributed by atoms with Gasteiger partial charge in [-0.05, 0) is 42.4 Å². The molecule has 0 aliphatic heterocycles. The second-order valence-electron chi connectivity index (χ2n) is 9.64. The van der Waals surface area contributed by atoms with Gasteiger partial charge in [0.15, 0.2) is 0 Å². The highest BCUT2D eigenvalue weighted by Crippen LogP contribution is 2.41. The van der Waals surface area contributed by atoms with Crippen molar-refractivity contribution in [1.82, 2.24) is 0 Å². The summed E-state index contributed by atoms with van der Waals surface area (Å²) in [7, 11) is 4.89. The summed E-state index contributed by atoms with van der Waals surface area (Å²) < 4.78 is 33.8. The van der Waals surface area contributed by atoms with E-state index in [0.29, 0.717) is 11.3 Å². The SMILES string of the molecule is CO[Si](CCC(CC[Si](OC)(OC)OC)CC(C)(C)CC(C)(C)C)(OC)OC. The molecule has 0 unspecified atom stereocenters. The summed E-state index contributed by atoms with van der Waals surface area (Å²) in [6, 6.07) is 1.60. The van der Waals surface area contributed by atoms with E-state index in [-0.39, 0.29) is 5.41 Å². The third-order valence-corrected chi connectivity index (χ3v) is 11.0. The minimum absolute atomic E-state index is 0.234. The van der Waals surface area contributed by atoms with Crippen LogP contribution in [0.2, 0.25) is 12.1 Å². The molecule has 0 amide bonds. The van der Waals surface area contributed by atoms with Gasteiger partial charge in [-0.2, -0.15) is 0 Å². The number of hydrogen-bond acceptors (Lipinski definition) is 6. The van der Waals surface area contributed by atoms with Gasteiger partial charge in [0.1, 0.15) is 0 Å². The fourth-order valence-corrected chi connectivity index (χ4v) is 8.26. The van der Waals surface area contributed by atoms with Crippen LogP contribution < -0.4 is 0 Å². The van der Waals surface area contributed by atoms with E-state index in [0.717, 1.165) is 31.4 Å². The van der Waals surface area contributed by atoms with Gasteiger partial charge in [-0.1, -0.05) is 34.6 Å². The van der Waals surface area contributed by atoms with E-state index in [4.69, 9.17) is 26.6 Å². The lowest BCUT2D eigenvalue weighted by atomic mass is 9.71. The molecule has 0 aliphatic rings. The third kappa shape index (κ3) is 9.80. The lowest BCUT2D eigenvalue weighted by molar-refractivity contribution is 0.110. The molecular formula is C20H46O6Si2. The second kappa shape index (κ2) is 12.1. The molecule has 0 saturated carbocycles. The van der Waals surface area contributed by atoms with Crippen LogP contribution in [0, 0.1) is 16.7 Å². The van der Waals surface area contributed by atoms with E-state index in [1.807, 2.05) is 0 Å². The van der Waals surface area contributed by atoms with Crippen molar-refractivity contribution in [2.75, 3.05) is 42.7 Å². The molecule has 0 spiro atoms. The highest BCUT2D eigenvalue weighted by atomic mass is 28.4. The lowest BCUT2D eigenvalue weighted by Gasteiger charge is -2.37. The average Bonchev–Trinajstić information content (AvgIpc) is 2.62. The van der Waals surface area contributed by atoms with Gasteiger partial charge in [0.2, 0.25) is 0 Å². The molecule has 0 aromatic rings. The van der Waals surface area contributed by atoms with Crippen molar-refractivity contribution in [1.29, 1.82) is 0 Å². The van der Waals surface area contributed by atoms with E-state index >= 15 is 0 Å². The molecule has 0 rings (SSSR count). The van der Waals surface area contributed by atoms with Crippen LogP contribution in [0.15, 0.2) is 0 Å². The van der Waals surface area contributed by atoms with Gasteiger partial charge < -0.3 is 26.6 Å². The highest BCUT2D eigenvalue weighted by molar-refractivity contribution is 6.61. The zero-order valence-corrected chi connectivity index (χ0v) is 22.3. The molecule has 0 aromatic heterocycles. The van der Waals surface area contributed by atoms with Crippen LogP contribution in [0.4, 0.5) is 0 Å². The van der Waals surface area contributed by atoms with Gasteiger partial charge in [0.05, 0.1) is 0 Å². The summed E-state index contributed by atoms with van der Waals surface area (Å²) in [6.45, 7) is 11.7. The molecule has 0 aromatic carbocycles. The summed E-state index contributed by atoms with van der Waals surface area (Å²) >= 11 is 0. The van der Waals surface area contributed by atoms with E-state index < -0.39 is 17.6 Å². The average molecular weight is 439 g/mol.